The number of rotatable bonds is 9. The second kappa shape index (κ2) is 10.1. The fourth-order valence-electron chi connectivity index (χ4n) is 3.40. The highest BCUT2D eigenvalue weighted by atomic mass is 32.2. The van der Waals surface area contributed by atoms with Gasteiger partial charge in [-0.3, -0.25) is 9.69 Å². The van der Waals surface area contributed by atoms with Crippen molar-refractivity contribution in [2.75, 3.05) is 13.6 Å². The molecule has 1 amide bonds. The zero-order valence-electron chi connectivity index (χ0n) is 16.8. The van der Waals surface area contributed by atoms with Crippen LogP contribution in [0.5, 0.6) is 0 Å². The van der Waals surface area contributed by atoms with Crippen LogP contribution in [0.2, 0.25) is 0 Å². The van der Waals surface area contributed by atoms with Crippen LogP contribution < -0.4 is 5.32 Å². The lowest BCUT2D eigenvalue weighted by Gasteiger charge is -2.28. The maximum Gasteiger partial charge on any atom is 0.316 e. The van der Waals surface area contributed by atoms with E-state index in [9.17, 15) is 13.2 Å². The lowest BCUT2D eigenvalue weighted by atomic mass is 9.92. The number of carbonyl (C=O) groups excluding carboxylic acids is 1. The SMILES string of the molecule is CCCCCCCN(C(=O)C1(c2ccc(C)c(N=S(=O)=O)c2)CC1)C(=S)NC. The second-order valence-electron chi connectivity index (χ2n) is 7.32. The molecule has 0 atom stereocenters. The topological polar surface area (TPSA) is 78.8 Å². The van der Waals surface area contributed by atoms with E-state index in [0.29, 0.717) is 17.3 Å². The molecule has 154 valence electrons. The molecule has 0 radical (unpaired) electrons. The van der Waals surface area contributed by atoms with Gasteiger partial charge in [-0.1, -0.05) is 44.7 Å². The Morgan fingerprint density at radius 3 is 2.50 bits per heavy atom. The molecule has 1 N–H and O–H groups in total. The predicted molar refractivity (Wildman–Crippen MR) is 115 cm³/mol. The third-order valence-electron chi connectivity index (χ3n) is 5.28. The molecule has 1 saturated carbocycles. The maximum atomic E-state index is 13.4. The molecular weight excluding hydrogens is 394 g/mol. The van der Waals surface area contributed by atoms with E-state index in [1.165, 1.54) is 12.8 Å². The first-order valence-corrected chi connectivity index (χ1v) is 11.3. The minimum absolute atomic E-state index is 0.0135. The van der Waals surface area contributed by atoms with Gasteiger partial charge in [0.15, 0.2) is 5.11 Å². The average Bonchev–Trinajstić information content (AvgIpc) is 3.47. The molecule has 1 aromatic rings. The number of aryl methyl sites for hydroxylation is 1. The molecule has 6 nitrogen and oxygen atoms in total. The van der Waals surface area contributed by atoms with Gasteiger partial charge in [-0.05, 0) is 55.6 Å². The summed E-state index contributed by atoms with van der Waals surface area (Å²) in [6.07, 6.45) is 6.97. The fourth-order valence-corrected chi connectivity index (χ4v) is 3.93. The van der Waals surface area contributed by atoms with Gasteiger partial charge in [0, 0.05) is 13.6 Å². The van der Waals surface area contributed by atoms with Crippen LogP contribution in [0.4, 0.5) is 5.69 Å². The summed E-state index contributed by atoms with van der Waals surface area (Å²) >= 11 is 5.40. The van der Waals surface area contributed by atoms with Crippen LogP contribution in [0.15, 0.2) is 22.6 Å². The zero-order valence-corrected chi connectivity index (χ0v) is 18.5. The van der Waals surface area contributed by atoms with Gasteiger partial charge in [0.2, 0.25) is 5.91 Å². The molecule has 0 aromatic heterocycles. The highest BCUT2D eigenvalue weighted by Gasteiger charge is 2.53. The van der Waals surface area contributed by atoms with E-state index in [-0.39, 0.29) is 5.91 Å². The Morgan fingerprint density at radius 1 is 1.25 bits per heavy atom. The molecule has 0 heterocycles. The Kier molecular flexibility index (Phi) is 8.12. The van der Waals surface area contributed by atoms with E-state index in [4.69, 9.17) is 12.2 Å². The van der Waals surface area contributed by atoms with E-state index < -0.39 is 15.9 Å². The first kappa shape index (κ1) is 22.5. The number of amides is 1. The molecule has 1 aliphatic carbocycles. The van der Waals surface area contributed by atoms with Gasteiger partial charge in [-0.15, -0.1) is 4.36 Å². The quantitative estimate of drug-likeness (QED) is 0.479. The summed E-state index contributed by atoms with van der Waals surface area (Å²) in [6, 6.07) is 5.44. The van der Waals surface area contributed by atoms with Gasteiger partial charge in [0.1, 0.15) is 0 Å². The third kappa shape index (κ3) is 5.38. The van der Waals surface area contributed by atoms with E-state index in [0.717, 1.165) is 43.2 Å². The van der Waals surface area contributed by atoms with E-state index >= 15 is 0 Å². The van der Waals surface area contributed by atoms with Crippen molar-refractivity contribution < 1.29 is 13.2 Å². The Hall–Kier alpha value is -1.80. The number of hydrogen-bond donors (Lipinski definition) is 1. The Bertz CT molecular complexity index is 853. The number of carbonyl (C=O) groups is 1. The van der Waals surface area contributed by atoms with E-state index in [2.05, 4.69) is 16.6 Å². The lowest BCUT2D eigenvalue weighted by Crippen LogP contribution is -2.47. The monoisotopic (exact) mass is 423 g/mol. The summed E-state index contributed by atoms with van der Waals surface area (Å²) in [6.45, 7) is 4.57. The van der Waals surface area contributed by atoms with Crippen molar-refractivity contribution in [2.45, 2.75) is 64.2 Å². The highest BCUT2D eigenvalue weighted by Crippen LogP contribution is 2.50. The van der Waals surface area contributed by atoms with Crippen molar-refractivity contribution in [2.24, 2.45) is 4.36 Å². The molecule has 0 aliphatic heterocycles. The third-order valence-corrected chi connectivity index (χ3v) is 6.05. The Labute approximate surface area is 174 Å². The molecule has 2 rings (SSSR count). The van der Waals surface area contributed by atoms with Crippen LogP contribution >= 0.6 is 12.2 Å². The number of benzene rings is 1. The smallest absolute Gasteiger partial charge is 0.316 e. The summed E-state index contributed by atoms with van der Waals surface area (Å²) < 4.78 is 25.6. The van der Waals surface area contributed by atoms with Crippen LogP contribution in [0, 0.1) is 6.92 Å². The number of unbranched alkanes of at least 4 members (excludes halogenated alkanes) is 4. The average molecular weight is 424 g/mol. The van der Waals surface area contributed by atoms with Crippen molar-refractivity contribution in [3.05, 3.63) is 29.3 Å². The Balaban J connectivity index is 2.23. The van der Waals surface area contributed by atoms with Crippen molar-refractivity contribution in [1.29, 1.82) is 0 Å². The number of thiocarbonyl (C=S) groups is 1. The van der Waals surface area contributed by atoms with Crippen LogP contribution in [0.1, 0.15) is 63.0 Å². The minimum atomic E-state index is -2.53. The van der Waals surface area contributed by atoms with Gasteiger partial charge in [0.05, 0.1) is 11.1 Å². The highest BCUT2D eigenvalue weighted by molar-refractivity contribution is 7.80. The largest absolute Gasteiger partial charge is 0.365 e. The van der Waals surface area contributed by atoms with Gasteiger partial charge >= 0.3 is 10.5 Å². The first-order valence-electron chi connectivity index (χ1n) is 9.81. The summed E-state index contributed by atoms with van der Waals surface area (Å²) in [5.41, 5.74) is 1.32. The molecule has 0 saturated heterocycles. The van der Waals surface area contributed by atoms with Crippen LogP contribution in [-0.4, -0.2) is 37.9 Å². The standard InChI is InChI=1S/C20H29N3O3S2/c1-4-5-6-7-8-13-23(19(27)21-3)18(24)20(11-12-20)16-10-9-15(2)17(14-16)22-28(25)26/h9-10,14H,4-8,11-13H2,1-3H3,(H,21,27). The Morgan fingerprint density at radius 2 is 1.93 bits per heavy atom. The summed E-state index contributed by atoms with van der Waals surface area (Å²) in [5.74, 6) is -0.0135. The summed E-state index contributed by atoms with van der Waals surface area (Å²) in [7, 11) is -0.800. The molecule has 1 aliphatic rings. The van der Waals surface area contributed by atoms with Gasteiger partial charge in [0.25, 0.3) is 0 Å². The van der Waals surface area contributed by atoms with Crippen LogP contribution in [-0.2, 0) is 20.7 Å². The molecule has 0 bridgehead atoms. The first-order chi connectivity index (χ1) is 13.4. The molecular formula is C20H29N3O3S2. The number of nitrogens with zero attached hydrogens (tertiary/aromatic N) is 2. The molecule has 0 unspecified atom stereocenters. The van der Waals surface area contributed by atoms with Gasteiger partial charge in [-0.25, -0.2) is 0 Å². The van der Waals surface area contributed by atoms with Crippen molar-refractivity contribution in [3.8, 4) is 0 Å². The van der Waals surface area contributed by atoms with Crippen molar-refractivity contribution in [3.63, 3.8) is 0 Å². The second-order valence-corrected chi connectivity index (χ2v) is 8.32. The number of nitrogens with one attached hydrogen (secondary N) is 1. The normalized spacial score (nSPS) is 14.2. The van der Waals surface area contributed by atoms with Crippen LogP contribution in [0.3, 0.4) is 0 Å². The van der Waals surface area contributed by atoms with Crippen molar-refractivity contribution >= 4 is 39.4 Å². The van der Waals surface area contributed by atoms with Gasteiger partial charge < -0.3 is 5.32 Å². The molecule has 1 aromatic carbocycles. The minimum Gasteiger partial charge on any atom is -0.365 e. The van der Waals surface area contributed by atoms with E-state index in [1.807, 2.05) is 12.1 Å². The lowest BCUT2D eigenvalue weighted by molar-refractivity contribution is -0.130. The summed E-state index contributed by atoms with van der Waals surface area (Å²) in [5, 5.41) is 3.37. The van der Waals surface area contributed by atoms with E-state index in [1.54, 1.807) is 24.9 Å². The molecule has 0 spiro atoms. The molecule has 8 heteroatoms. The van der Waals surface area contributed by atoms with Crippen molar-refractivity contribution in [1.82, 2.24) is 10.2 Å². The van der Waals surface area contributed by atoms with Crippen LogP contribution in [0.25, 0.3) is 0 Å². The fraction of sp³-hybridized carbons (Fsp3) is 0.600. The zero-order chi connectivity index (χ0) is 20.7. The summed E-state index contributed by atoms with van der Waals surface area (Å²) in [4.78, 5) is 15.1. The molecule has 1 fully saturated rings. The number of hydrogen-bond acceptors (Lipinski definition) is 5. The van der Waals surface area contributed by atoms with Gasteiger partial charge in [-0.2, -0.15) is 8.42 Å². The molecule has 28 heavy (non-hydrogen) atoms. The maximum absolute atomic E-state index is 13.4. The predicted octanol–water partition coefficient (Wildman–Crippen LogP) is 4.02.